The van der Waals surface area contributed by atoms with Crippen LogP contribution < -0.4 is 5.32 Å². The third kappa shape index (κ3) is 4.43. The first-order valence-corrected chi connectivity index (χ1v) is 10.1. The van der Waals surface area contributed by atoms with Crippen molar-refractivity contribution in [1.29, 1.82) is 0 Å². The van der Waals surface area contributed by atoms with Crippen molar-refractivity contribution in [2.45, 2.75) is 30.3 Å². The SMILES string of the molecule is CN(C)S(=O)(=O)CCCSc1nnc(C2CCNCC2)n1C. The van der Waals surface area contributed by atoms with Crippen LogP contribution in [0.3, 0.4) is 0 Å². The van der Waals surface area contributed by atoms with Crippen molar-refractivity contribution >= 4 is 21.8 Å². The Kier molecular flexibility index (Phi) is 6.25. The lowest BCUT2D eigenvalue weighted by Crippen LogP contribution is -2.27. The van der Waals surface area contributed by atoms with Gasteiger partial charge in [-0.1, -0.05) is 11.8 Å². The largest absolute Gasteiger partial charge is 0.317 e. The van der Waals surface area contributed by atoms with Gasteiger partial charge in [0.05, 0.1) is 5.75 Å². The van der Waals surface area contributed by atoms with E-state index in [1.165, 1.54) is 4.31 Å². The summed E-state index contributed by atoms with van der Waals surface area (Å²) in [6, 6.07) is 0. The van der Waals surface area contributed by atoms with Crippen LogP contribution in [0.1, 0.15) is 31.0 Å². The summed E-state index contributed by atoms with van der Waals surface area (Å²) in [5.74, 6) is 2.42. The highest BCUT2D eigenvalue weighted by Crippen LogP contribution is 2.26. The molecule has 7 nitrogen and oxygen atoms in total. The van der Waals surface area contributed by atoms with Gasteiger partial charge in [0.25, 0.3) is 0 Å². The standard InChI is InChI=1S/C13H25N5O2S2/c1-17(2)22(19,20)10-4-9-21-13-16-15-12(18(13)3)11-5-7-14-8-6-11/h11,14H,4-10H2,1-3H3. The van der Waals surface area contributed by atoms with E-state index in [0.29, 0.717) is 12.3 Å². The smallest absolute Gasteiger partial charge is 0.213 e. The average Bonchev–Trinajstić information content (AvgIpc) is 2.85. The molecule has 1 aromatic heterocycles. The van der Waals surface area contributed by atoms with Crippen molar-refractivity contribution < 1.29 is 8.42 Å². The van der Waals surface area contributed by atoms with E-state index in [1.807, 2.05) is 7.05 Å². The molecule has 0 unspecified atom stereocenters. The Labute approximate surface area is 136 Å². The lowest BCUT2D eigenvalue weighted by molar-refractivity contribution is 0.434. The molecular weight excluding hydrogens is 322 g/mol. The minimum atomic E-state index is -3.10. The second-order valence-corrected chi connectivity index (χ2v) is 9.09. The first-order chi connectivity index (χ1) is 10.4. The molecule has 0 amide bonds. The van der Waals surface area contributed by atoms with Crippen LogP contribution in [-0.4, -0.2) is 66.2 Å². The van der Waals surface area contributed by atoms with Crippen LogP contribution in [0.4, 0.5) is 0 Å². The van der Waals surface area contributed by atoms with Gasteiger partial charge in [0.1, 0.15) is 5.82 Å². The predicted octanol–water partition coefficient (Wildman–Crippen LogP) is 0.656. The molecule has 0 spiro atoms. The van der Waals surface area contributed by atoms with E-state index in [-0.39, 0.29) is 5.75 Å². The normalized spacial score (nSPS) is 17.3. The van der Waals surface area contributed by atoms with Crippen molar-refractivity contribution in [3.8, 4) is 0 Å². The molecular formula is C13H25N5O2S2. The summed E-state index contributed by atoms with van der Waals surface area (Å²) in [6.45, 7) is 2.06. The Morgan fingerprint density at radius 3 is 2.64 bits per heavy atom. The van der Waals surface area contributed by atoms with Gasteiger partial charge in [-0.15, -0.1) is 10.2 Å². The third-order valence-corrected chi connectivity index (χ3v) is 6.93. The van der Waals surface area contributed by atoms with Gasteiger partial charge in [0.2, 0.25) is 10.0 Å². The van der Waals surface area contributed by atoms with Gasteiger partial charge in [-0.2, -0.15) is 0 Å². The van der Waals surface area contributed by atoms with E-state index < -0.39 is 10.0 Å². The van der Waals surface area contributed by atoms with Crippen molar-refractivity contribution in [1.82, 2.24) is 24.4 Å². The van der Waals surface area contributed by atoms with Gasteiger partial charge in [-0.3, -0.25) is 0 Å². The highest BCUT2D eigenvalue weighted by molar-refractivity contribution is 7.99. The van der Waals surface area contributed by atoms with Crippen LogP contribution >= 0.6 is 11.8 Å². The number of nitrogens with zero attached hydrogens (tertiary/aromatic N) is 4. The maximum Gasteiger partial charge on any atom is 0.213 e. The molecule has 2 heterocycles. The van der Waals surface area contributed by atoms with Gasteiger partial charge in [-0.25, -0.2) is 12.7 Å². The van der Waals surface area contributed by atoms with E-state index in [1.54, 1.807) is 25.9 Å². The number of rotatable bonds is 7. The molecule has 9 heteroatoms. The Bertz CT molecular complexity index is 579. The number of hydrogen-bond acceptors (Lipinski definition) is 6. The van der Waals surface area contributed by atoms with Gasteiger partial charge in [0.15, 0.2) is 5.16 Å². The predicted molar refractivity (Wildman–Crippen MR) is 88.7 cm³/mol. The summed E-state index contributed by atoms with van der Waals surface area (Å²) >= 11 is 1.58. The number of thioether (sulfide) groups is 1. The number of piperidine rings is 1. The molecule has 0 radical (unpaired) electrons. The zero-order valence-corrected chi connectivity index (χ0v) is 15.1. The lowest BCUT2D eigenvalue weighted by Gasteiger charge is -2.21. The van der Waals surface area contributed by atoms with Gasteiger partial charge in [0, 0.05) is 32.8 Å². The van der Waals surface area contributed by atoms with Crippen molar-refractivity contribution in [2.24, 2.45) is 7.05 Å². The number of nitrogens with one attached hydrogen (secondary N) is 1. The highest BCUT2D eigenvalue weighted by atomic mass is 32.2. The Balaban J connectivity index is 1.85. The molecule has 0 atom stereocenters. The van der Waals surface area contributed by atoms with Crippen molar-refractivity contribution in [3.05, 3.63) is 5.82 Å². The van der Waals surface area contributed by atoms with Crippen LogP contribution in [-0.2, 0) is 17.1 Å². The Hall–Kier alpha value is -0.640. The van der Waals surface area contributed by atoms with Crippen LogP contribution in [0.5, 0.6) is 0 Å². The van der Waals surface area contributed by atoms with Gasteiger partial charge in [-0.05, 0) is 32.4 Å². The first-order valence-electron chi connectivity index (χ1n) is 7.55. The van der Waals surface area contributed by atoms with Gasteiger partial charge < -0.3 is 9.88 Å². The monoisotopic (exact) mass is 347 g/mol. The van der Waals surface area contributed by atoms with Crippen LogP contribution in [0, 0.1) is 0 Å². The molecule has 1 aromatic rings. The molecule has 1 aliphatic heterocycles. The summed E-state index contributed by atoms with van der Waals surface area (Å²) in [4.78, 5) is 0. The molecule has 0 aliphatic carbocycles. The summed E-state index contributed by atoms with van der Waals surface area (Å²) in [7, 11) is 2.02. The molecule has 0 saturated carbocycles. The van der Waals surface area contributed by atoms with E-state index in [4.69, 9.17) is 0 Å². The maximum absolute atomic E-state index is 11.7. The number of sulfonamides is 1. The summed E-state index contributed by atoms with van der Waals surface area (Å²) in [6.07, 6.45) is 2.80. The fourth-order valence-corrected chi connectivity index (χ4v) is 4.39. The first kappa shape index (κ1) is 17.7. The third-order valence-electron chi connectivity index (χ3n) is 3.91. The lowest BCUT2D eigenvalue weighted by atomic mass is 9.97. The molecule has 0 aromatic carbocycles. The van der Waals surface area contributed by atoms with Crippen LogP contribution in [0.25, 0.3) is 0 Å². The average molecular weight is 348 g/mol. The van der Waals surface area contributed by atoms with E-state index in [2.05, 4.69) is 20.1 Å². The minimum Gasteiger partial charge on any atom is -0.317 e. The highest BCUT2D eigenvalue weighted by Gasteiger charge is 2.21. The zero-order valence-electron chi connectivity index (χ0n) is 13.4. The molecule has 1 saturated heterocycles. The summed E-state index contributed by atoms with van der Waals surface area (Å²) in [5, 5.41) is 12.8. The molecule has 1 N–H and O–H groups in total. The fourth-order valence-electron chi connectivity index (χ4n) is 2.47. The Morgan fingerprint density at radius 2 is 2.00 bits per heavy atom. The quantitative estimate of drug-likeness (QED) is 0.576. The molecule has 1 fully saturated rings. The topological polar surface area (TPSA) is 80.1 Å². The van der Waals surface area contributed by atoms with Crippen LogP contribution in [0.2, 0.25) is 0 Å². The molecule has 0 bridgehead atoms. The molecule has 126 valence electrons. The van der Waals surface area contributed by atoms with Crippen molar-refractivity contribution in [2.75, 3.05) is 38.7 Å². The Morgan fingerprint density at radius 1 is 1.32 bits per heavy atom. The second-order valence-electron chi connectivity index (χ2n) is 5.72. The summed E-state index contributed by atoms with van der Waals surface area (Å²) in [5.41, 5.74) is 0. The number of hydrogen-bond donors (Lipinski definition) is 1. The molecule has 22 heavy (non-hydrogen) atoms. The van der Waals surface area contributed by atoms with E-state index in [9.17, 15) is 8.42 Å². The summed E-state index contributed by atoms with van der Waals surface area (Å²) < 4.78 is 26.7. The van der Waals surface area contributed by atoms with Gasteiger partial charge >= 0.3 is 0 Å². The maximum atomic E-state index is 11.7. The zero-order chi connectivity index (χ0) is 16.2. The van der Waals surface area contributed by atoms with E-state index >= 15 is 0 Å². The van der Waals surface area contributed by atoms with E-state index in [0.717, 1.165) is 42.7 Å². The fraction of sp³-hybridized carbons (Fsp3) is 0.846. The molecule has 2 rings (SSSR count). The van der Waals surface area contributed by atoms with Crippen LogP contribution in [0.15, 0.2) is 5.16 Å². The van der Waals surface area contributed by atoms with Crippen molar-refractivity contribution in [3.63, 3.8) is 0 Å². The second kappa shape index (κ2) is 7.76. The minimum absolute atomic E-state index is 0.173. The molecule has 1 aliphatic rings. The number of aromatic nitrogens is 3.